The first-order valence-corrected chi connectivity index (χ1v) is 10.2. The topological polar surface area (TPSA) is 86.7 Å². The van der Waals surface area contributed by atoms with Crippen molar-refractivity contribution in [2.24, 2.45) is 23.7 Å². The molecule has 6 heteroatoms. The van der Waals surface area contributed by atoms with E-state index in [2.05, 4.69) is 5.32 Å². The van der Waals surface area contributed by atoms with Crippen LogP contribution in [0.3, 0.4) is 0 Å². The summed E-state index contributed by atoms with van der Waals surface area (Å²) in [6.45, 7) is 2.46. The maximum atomic E-state index is 12.9. The molecule has 0 heterocycles. The molecule has 2 N–H and O–H groups in total. The number of benzene rings is 2. The average molecular weight is 404 g/mol. The van der Waals surface area contributed by atoms with Crippen molar-refractivity contribution in [3.8, 4) is 0 Å². The van der Waals surface area contributed by atoms with Crippen LogP contribution in [0.15, 0.2) is 66.7 Å². The summed E-state index contributed by atoms with van der Waals surface area (Å²) >= 11 is 0. The summed E-state index contributed by atoms with van der Waals surface area (Å²) in [6, 6.07) is 16.2. The molecular formula is C24H24N2O4. The molecule has 2 amide bonds. The number of carboxylic acids is 1. The van der Waals surface area contributed by atoms with Gasteiger partial charge < -0.3 is 15.3 Å². The molecule has 4 atom stereocenters. The molecule has 1 fully saturated rings. The summed E-state index contributed by atoms with van der Waals surface area (Å²) in [6.07, 6.45) is 4.59. The molecule has 0 aromatic heterocycles. The van der Waals surface area contributed by atoms with E-state index in [1.54, 1.807) is 29.2 Å². The molecule has 0 radical (unpaired) electrons. The Hall–Kier alpha value is -3.41. The molecule has 4 rings (SSSR count). The summed E-state index contributed by atoms with van der Waals surface area (Å²) in [4.78, 5) is 39.0. The summed E-state index contributed by atoms with van der Waals surface area (Å²) in [5.41, 5.74) is 1.90. The Morgan fingerprint density at radius 3 is 2.20 bits per heavy atom. The number of carbonyl (C=O) groups is 3. The van der Waals surface area contributed by atoms with E-state index in [0.717, 1.165) is 12.1 Å². The van der Waals surface area contributed by atoms with Gasteiger partial charge in [-0.25, -0.2) is 0 Å². The number of para-hydroxylation sites is 1. The van der Waals surface area contributed by atoms with Crippen molar-refractivity contribution in [1.29, 1.82) is 0 Å². The third-order valence-electron chi connectivity index (χ3n) is 6.08. The maximum absolute atomic E-state index is 12.9. The van der Waals surface area contributed by atoms with Gasteiger partial charge in [0.05, 0.1) is 11.8 Å². The van der Waals surface area contributed by atoms with Crippen molar-refractivity contribution in [2.75, 3.05) is 16.8 Å². The molecule has 1 saturated carbocycles. The highest BCUT2D eigenvalue weighted by molar-refractivity contribution is 6.06. The van der Waals surface area contributed by atoms with Gasteiger partial charge in [0.2, 0.25) is 5.91 Å². The van der Waals surface area contributed by atoms with Crippen LogP contribution in [-0.2, 0) is 9.59 Å². The first-order valence-electron chi connectivity index (χ1n) is 10.2. The molecule has 6 nitrogen and oxygen atoms in total. The summed E-state index contributed by atoms with van der Waals surface area (Å²) in [7, 11) is 0. The normalized spacial score (nSPS) is 23.9. The molecule has 0 spiro atoms. The van der Waals surface area contributed by atoms with E-state index in [4.69, 9.17) is 0 Å². The van der Waals surface area contributed by atoms with Crippen molar-refractivity contribution < 1.29 is 19.5 Å². The smallest absolute Gasteiger partial charge is 0.307 e. The lowest BCUT2D eigenvalue weighted by atomic mass is 9.82. The van der Waals surface area contributed by atoms with Crippen LogP contribution in [0.1, 0.15) is 23.7 Å². The van der Waals surface area contributed by atoms with Crippen LogP contribution < -0.4 is 10.2 Å². The van der Waals surface area contributed by atoms with Gasteiger partial charge in [0.1, 0.15) is 0 Å². The zero-order chi connectivity index (χ0) is 21.3. The van der Waals surface area contributed by atoms with Crippen molar-refractivity contribution >= 4 is 29.2 Å². The highest BCUT2D eigenvalue weighted by Crippen LogP contribution is 2.48. The largest absolute Gasteiger partial charge is 0.481 e. The SMILES string of the molecule is CCN(C(=O)c1ccc(NC(=O)[C@@H]2[C@@H](C(=O)O)[C@H]3C=C[C@H]2C3)cc1)c1ccccc1. The molecule has 30 heavy (non-hydrogen) atoms. The van der Waals surface area contributed by atoms with E-state index in [0.29, 0.717) is 17.8 Å². The molecule has 2 aliphatic rings. The number of hydrogen-bond donors (Lipinski definition) is 2. The van der Waals surface area contributed by atoms with Gasteiger partial charge >= 0.3 is 5.97 Å². The third kappa shape index (κ3) is 3.61. The second-order valence-corrected chi connectivity index (χ2v) is 7.79. The van der Waals surface area contributed by atoms with E-state index in [9.17, 15) is 19.5 Å². The first kappa shape index (κ1) is 19.9. The number of anilines is 2. The summed E-state index contributed by atoms with van der Waals surface area (Å²) < 4.78 is 0. The van der Waals surface area contributed by atoms with E-state index in [1.165, 1.54) is 0 Å². The van der Waals surface area contributed by atoms with Crippen molar-refractivity contribution in [1.82, 2.24) is 0 Å². The lowest BCUT2D eigenvalue weighted by Gasteiger charge is -2.24. The summed E-state index contributed by atoms with van der Waals surface area (Å²) in [5, 5.41) is 12.4. The Labute approximate surface area is 175 Å². The molecule has 0 saturated heterocycles. The second-order valence-electron chi connectivity index (χ2n) is 7.79. The number of rotatable bonds is 6. The van der Waals surface area contributed by atoms with Gasteiger partial charge in [0.15, 0.2) is 0 Å². The zero-order valence-electron chi connectivity index (χ0n) is 16.7. The molecule has 2 bridgehead atoms. The van der Waals surface area contributed by atoms with E-state index in [-0.39, 0.29) is 23.7 Å². The number of nitrogens with zero attached hydrogens (tertiary/aromatic N) is 1. The van der Waals surface area contributed by atoms with Crippen LogP contribution in [-0.4, -0.2) is 29.4 Å². The molecular weight excluding hydrogens is 380 g/mol. The fraction of sp³-hybridized carbons (Fsp3) is 0.292. The summed E-state index contributed by atoms with van der Waals surface area (Å²) in [5.74, 6) is -2.66. The fourth-order valence-corrected chi connectivity index (χ4v) is 4.65. The molecule has 0 aliphatic heterocycles. The second kappa shape index (κ2) is 8.14. The quantitative estimate of drug-likeness (QED) is 0.717. The van der Waals surface area contributed by atoms with Gasteiger partial charge in [0.25, 0.3) is 5.91 Å². The average Bonchev–Trinajstić information content (AvgIpc) is 3.37. The molecule has 154 valence electrons. The predicted molar refractivity (Wildman–Crippen MR) is 114 cm³/mol. The van der Waals surface area contributed by atoms with Crippen LogP contribution in [0.4, 0.5) is 11.4 Å². The predicted octanol–water partition coefficient (Wildman–Crippen LogP) is 3.81. The number of hydrogen-bond acceptors (Lipinski definition) is 3. The molecule has 0 unspecified atom stereocenters. The number of fused-ring (bicyclic) bond motifs is 2. The Kier molecular flexibility index (Phi) is 5.40. The van der Waals surface area contributed by atoms with E-state index < -0.39 is 17.8 Å². The van der Waals surface area contributed by atoms with Crippen molar-refractivity contribution in [3.63, 3.8) is 0 Å². The molecule has 2 aromatic carbocycles. The Bertz CT molecular complexity index is 984. The van der Waals surface area contributed by atoms with Crippen LogP contribution in [0.2, 0.25) is 0 Å². The Balaban J connectivity index is 1.46. The number of carboxylic acid groups (broad SMARTS) is 1. The van der Waals surface area contributed by atoms with Gasteiger partial charge in [-0.2, -0.15) is 0 Å². The van der Waals surface area contributed by atoms with Gasteiger partial charge in [-0.15, -0.1) is 0 Å². The van der Waals surface area contributed by atoms with Crippen LogP contribution in [0.5, 0.6) is 0 Å². The van der Waals surface area contributed by atoms with Crippen molar-refractivity contribution in [3.05, 3.63) is 72.3 Å². The van der Waals surface area contributed by atoms with E-state index >= 15 is 0 Å². The molecule has 2 aliphatic carbocycles. The lowest BCUT2D eigenvalue weighted by molar-refractivity contribution is -0.146. The van der Waals surface area contributed by atoms with Gasteiger partial charge in [0, 0.05) is 23.5 Å². The van der Waals surface area contributed by atoms with Crippen molar-refractivity contribution in [2.45, 2.75) is 13.3 Å². The first-order chi connectivity index (χ1) is 14.5. The van der Waals surface area contributed by atoms with Gasteiger partial charge in [-0.3, -0.25) is 14.4 Å². The number of nitrogens with one attached hydrogen (secondary N) is 1. The fourth-order valence-electron chi connectivity index (χ4n) is 4.65. The van der Waals surface area contributed by atoms with Gasteiger partial charge in [-0.05, 0) is 61.6 Å². The Morgan fingerprint density at radius 2 is 1.60 bits per heavy atom. The molecule has 2 aromatic rings. The number of allylic oxidation sites excluding steroid dienone is 2. The lowest BCUT2D eigenvalue weighted by Crippen LogP contribution is -2.36. The Morgan fingerprint density at radius 1 is 0.967 bits per heavy atom. The number of amides is 2. The minimum atomic E-state index is -0.923. The van der Waals surface area contributed by atoms with E-state index in [1.807, 2.05) is 49.4 Å². The number of carbonyl (C=O) groups excluding carboxylic acids is 2. The number of aliphatic carboxylic acids is 1. The van der Waals surface area contributed by atoms with Crippen LogP contribution >= 0.6 is 0 Å². The maximum Gasteiger partial charge on any atom is 0.307 e. The zero-order valence-corrected chi connectivity index (χ0v) is 16.7. The van der Waals surface area contributed by atoms with Crippen LogP contribution in [0.25, 0.3) is 0 Å². The monoisotopic (exact) mass is 404 g/mol. The minimum absolute atomic E-state index is 0.0269. The highest BCUT2D eigenvalue weighted by atomic mass is 16.4. The van der Waals surface area contributed by atoms with Crippen LogP contribution in [0, 0.1) is 23.7 Å². The van der Waals surface area contributed by atoms with Gasteiger partial charge in [-0.1, -0.05) is 30.4 Å². The highest BCUT2D eigenvalue weighted by Gasteiger charge is 2.51. The minimum Gasteiger partial charge on any atom is -0.481 e. The standard InChI is InChI=1S/C24H24N2O4/c1-2-26(19-6-4-3-5-7-19)23(28)15-10-12-18(13-11-15)25-22(27)20-16-8-9-17(14-16)21(20)24(29)30/h3-13,16-17,20-21H,2,14H2,1H3,(H,25,27)(H,29,30)/t16-,17-,20-,21-/m0/s1. The third-order valence-corrected chi connectivity index (χ3v) is 6.08.